The normalized spacial score (nSPS) is 15.6. The van der Waals surface area contributed by atoms with E-state index in [1.807, 2.05) is 62.4 Å². The van der Waals surface area contributed by atoms with Crippen LogP contribution in [0.2, 0.25) is 0 Å². The number of para-hydroxylation sites is 1. The topological polar surface area (TPSA) is 67.9 Å². The number of benzene rings is 2. The number of hydrogen-bond acceptors (Lipinski definition) is 5. The largest absolute Gasteiger partial charge is 0.494 e. The van der Waals surface area contributed by atoms with Crippen LogP contribution in [0.5, 0.6) is 5.75 Å². The lowest BCUT2D eigenvalue weighted by Gasteiger charge is -2.23. The summed E-state index contributed by atoms with van der Waals surface area (Å²) in [6, 6.07) is 15.3. The van der Waals surface area contributed by atoms with Crippen molar-refractivity contribution < 1.29 is 9.53 Å². The van der Waals surface area contributed by atoms with E-state index in [4.69, 9.17) is 10.5 Å². The summed E-state index contributed by atoms with van der Waals surface area (Å²) in [5.41, 5.74) is 9.34. The summed E-state index contributed by atoms with van der Waals surface area (Å²) in [5.74, 6) is 0.805. The highest BCUT2D eigenvalue weighted by atomic mass is 32.1. The first-order chi connectivity index (χ1) is 13.1. The minimum atomic E-state index is -0.150. The molecule has 1 unspecified atom stereocenters. The Bertz CT molecular complexity index is 790. The number of thiol groups is 1. The molecule has 1 atom stereocenters. The summed E-state index contributed by atoms with van der Waals surface area (Å²) < 4.78 is 5.76. The van der Waals surface area contributed by atoms with Crippen LogP contribution in [0.3, 0.4) is 0 Å². The molecule has 1 heterocycles. The van der Waals surface area contributed by atoms with Crippen molar-refractivity contribution in [2.75, 3.05) is 18.6 Å². The van der Waals surface area contributed by atoms with Crippen LogP contribution in [0.25, 0.3) is 0 Å². The fraction of sp³-hybridized carbons (Fsp3) is 0.333. The van der Waals surface area contributed by atoms with E-state index in [9.17, 15) is 4.79 Å². The Balaban J connectivity index is 0.00000126. The number of nitrogens with zero attached hydrogens (tertiary/aromatic N) is 2. The molecule has 3 rings (SSSR count). The number of nitrogen functional groups attached to an aromatic ring is 1. The van der Waals surface area contributed by atoms with Gasteiger partial charge in [0.2, 0.25) is 5.91 Å². The molecule has 2 aromatic rings. The van der Waals surface area contributed by atoms with Crippen molar-refractivity contribution in [3.05, 3.63) is 59.7 Å². The minimum absolute atomic E-state index is 0.00162. The Morgan fingerprint density at radius 3 is 2.48 bits per heavy atom. The highest BCUT2D eigenvalue weighted by Crippen LogP contribution is 2.37. The monoisotopic (exact) mass is 385 g/mol. The third-order valence-corrected chi connectivity index (χ3v) is 4.29. The van der Waals surface area contributed by atoms with E-state index in [0.717, 1.165) is 22.6 Å². The van der Waals surface area contributed by atoms with Gasteiger partial charge in [-0.2, -0.15) is 17.7 Å². The molecule has 0 saturated carbocycles. The number of ether oxygens (including phenoxy) is 1. The predicted octanol–water partition coefficient (Wildman–Crippen LogP) is 4.30. The molecule has 6 heteroatoms. The van der Waals surface area contributed by atoms with Gasteiger partial charge in [0, 0.05) is 24.1 Å². The van der Waals surface area contributed by atoms with E-state index in [-0.39, 0.29) is 11.9 Å². The van der Waals surface area contributed by atoms with E-state index >= 15 is 0 Å². The molecule has 2 N–H and O–H groups in total. The fourth-order valence-corrected chi connectivity index (χ4v) is 3.04. The molecule has 0 bridgehead atoms. The maximum atomic E-state index is 12.5. The van der Waals surface area contributed by atoms with Crippen LogP contribution in [0.4, 0.5) is 5.69 Å². The molecule has 0 saturated heterocycles. The quantitative estimate of drug-likeness (QED) is 0.595. The molecule has 0 fully saturated rings. The van der Waals surface area contributed by atoms with Gasteiger partial charge in [-0.1, -0.05) is 37.3 Å². The molecule has 1 amide bonds. The van der Waals surface area contributed by atoms with Gasteiger partial charge in [-0.15, -0.1) is 0 Å². The lowest BCUT2D eigenvalue weighted by atomic mass is 9.97. The van der Waals surface area contributed by atoms with Crippen molar-refractivity contribution in [3.63, 3.8) is 0 Å². The number of hydrazone groups is 1. The molecule has 27 heavy (non-hydrogen) atoms. The van der Waals surface area contributed by atoms with Gasteiger partial charge >= 0.3 is 0 Å². The average molecular weight is 386 g/mol. The maximum absolute atomic E-state index is 12.5. The van der Waals surface area contributed by atoms with Crippen molar-refractivity contribution in [3.8, 4) is 5.75 Å². The summed E-state index contributed by atoms with van der Waals surface area (Å²) in [7, 11) is 0. The summed E-state index contributed by atoms with van der Waals surface area (Å²) in [4.78, 5) is 12.5. The van der Waals surface area contributed by atoms with E-state index in [1.54, 1.807) is 11.3 Å². The molecule has 1 aliphatic heterocycles. The minimum Gasteiger partial charge on any atom is -0.494 e. The highest BCUT2D eigenvalue weighted by molar-refractivity contribution is 7.79. The molecule has 2 aromatic carbocycles. The van der Waals surface area contributed by atoms with Gasteiger partial charge in [-0.05, 0) is 36.9 Å². The molecule has 0 radical (unpaired) electrons. The first-order valence-corrected chi connectivity index (χ1v) is 9.95. The second-order valence-corrected chi connectivity index (χ2v) is 5.95. The number of carbonyl (C=O) groups excluding carboxylic acids is 1. The number of amides is 1. The van der Waals surface area contributed by atoms with Crippen molar-refractivity contribution in [2.45, 2.75) is 32.7 Å². The van der Waals surface area contributed by atoms with Crippen molar-refractivity contribution >= 4 is 29.9 Å². The van der Waals surface area contributed by atoms with Crippen LogP contribution in [-0.4, -0.2) is 29.5 Å². The molecular weight excluding hydrogens is 358 g/mol. The Kier molecular flexibility index (Phi) is 7.73. The van der Waals surface area contributed by atoms with Crippen LogP contribution in [0, 0.1) is 0 Å². The van der Waals surface area contributed by atoms with E-state index < -0.39 is 0 Å². The Morgan fingerprint density at radius 1 is 1.19 bits per heavy atom. The average Bonchev–Trinajstić information content (AvgIpc) is 3.15. The lowest BCUT2D eigenvalue weighted by Crippen LogP contribution is -2.26. The van der Waals surface area contributed by atoms with Crippen molar-refractivity contribution in [2.24, 2.45) is 5.10 Å². The fourth-order valence-electron chi connectivity index (χ4n) is 3.04. The molecular formula is C21H27N3O2S. The van der Waals surface area contributed by atoms with Crippen LogP contribution in [-0.2, 0) is 4.79 Å². The first-order valence-electron chi connectivity index (χ1n) is 9.06. The van der Waals surface area contributed by atoms with Gasteiger partial charge in [-0.25, -0.2) is 5.01 Å². The third-order valence-electron chi connectivity index (χ3n) is 4.29. The number of nitrogens with two attached hydrogens (primary N) is 1. The Hall–Kier alpha value is -2.47. The number of anilines is 1. The van der Waals surface area contributed by atoms with Gasteiger partial charge in [0.25, 0.3) is 0 Å². The van der Waals surface area contributed by atoms with E-state index in [2.05, 4.69) is 17.7 Å². The molecule has 0 aliphatic carbocycles. The maximum Gasteiger partial charge on any atom is 0.242 e. The summed E-state index contributed by atoms with van der Waals surface area (Å²) in [6.07, 6.45) is 2.76. The zero-order valence-electron chi connectivity index (χ0n) is 16.1. The summed E-state index contributed by atoms with van der Waals surface area (Å²) >= 11 is 3.53. The number of rotatable bonds is 5. The molecule has 5 nitrogen and oxygen atoms in total. The summed E-state index contributed by atoms with van der Waals surface area (Å²) in [5, 5.41) is 6.22. The van der Waals surface area contributed by atoms with Crippen LogP contribution in [0.1, 0.15) is 43.9 Å². The number of carbonyl (C=O) groups is 1. The first kappa shape index (κ1) is 20.8. The van der Waals surface area contributed by atoms with Crippen LogP contribution in [0.15, 0.2) is 53.6 Å². The van der Waals surface area contributed by atoms with Crippen molar-refractivity contribution in [1.29, 1.82) is 0 Å². The molecule has 1 aliphatic rings. The van der Waals surface area contributed by atoms with Crippen LogP contribution >= 0.6 is 12.6 Å². The zero-order valence-corrected chi connectivity index (χ0v) is 16.9. The summed E-state index contributed by atoms with van der Waals surface area (Å²) in [6.45, 7) is 4.39. The molecule has 0 spiro atoms. The SMILES string of the molecule is CCOc1ccccc1C1CC(c2ccc(N)cc2)=NN1C(=O)CC.CS. The predicted molar refractivity (Wildman–Crippen MR) is 114 cm³/mol. The molecule has 144 valence electrons. The smallest absolute Gasteiger partial charge is 0.242 e. The van der Waals surface area contributed by atoms with Gasteiger partial charge in [0.1, 0.15) is 5.75 Å². The lowest BCUT2D eigenvalue weighted by molar-refractivity contribution is -0.132. The third kappa shape index (κ3) is 4.83. The van der Waals surface area contributed by atoms with Gasteiger partial charge in [-0.3, -0.25) is 4.79 Å². The molecule has 0 aromatic heterocycles. The van der Waals surface area contributed by atoms with Crippen molar-refractivity contribution in [1.82, 2.24) is 5.01 Å². The second-order valence-electron chi connectivity index (χ2n) is 5.95. The number of hydrogen-bond donors (Lipinski definition) is 2. The van der Waals surface area contributed by atoms with E-state index in [0.29, 0.717) is 25.1 Å². The zero-order chi connectivity index (χ0) is 19.8. The van der Waals surface area contributed by atoms with E-state index in [1.165, 1.54) is 0 Å². The van der Waals surface area contributed by atoms with Gasteiger partial charge in [0.05, 0.1) is 18.4 Å². The highest BCUT2D eigenvalue weighted by Gasteiger charge is 2.33. The van der Waals surface area contributed by atoms with Gasteiger partial charge < -0.3 is 10.5 Å². The second kappa shape index (κ2) is 10.0. The van der Waals surface area contributed by atoms with Gasteiger partial charge in [0.15, 0.2) is 0 Å². The standard InChI is InChI=1S/C20H23N3O2.CH4S/c1-3-20(24)23-18(16-7-5-6-8-19(16)25-4-2)13-17(22-23)14-9-11-15(21)12-10-14;1-2/h5-12,18H,3-4,13,21H2,1-2H3;2H,1H3. The Morgan fingerprint density at radius 2 is 1.85 bits per heavy atom. The Labute approximate surface area is 166 Å². The van der Waals surface area contributed by atoms with Crippen LogP contribution < -0.4 is 10.5 Å².